The minimum absolute atomic E-state index is 0.931. The van der Waals surface area contributed by atoms with Crippen LogP contribution in [0.15, 0.2) is 0 Å². The quantitative estimate of drug-likeness (QED) is 0.571. The maximum Gasteiger partial charge on any atom is 0.0476 e. The van der Waals surface area contributed by atoms with E-state index in [1.807, 2.05) is 0 Å². The lowest BCUT2D eigenvalue weighted by molar-refractivity contribution is 0.273. The Morgan fingerprint density at radius 2 is 1.00 bits per heavy atom. The predicted octanol–water partition coefficient (Wildman–Crippen LogP) is 5.61. The zero-order valence-corrected chi connectivity index (χ0v) is 14.8. The van der Waals surface area contributed by atoms with Crippen LogP contribution in [0, 0.1) is 11.8 Å². The molecule has 2 aliphatic rings. The van der Waals surface area contributed by atoms with Gasteiger partial charge in [-0.25, -0.2) is 0 Å². The first-order valence-electron chi connectivity index (χ1n) is 7.71. The minimum atomic E-state index is -0.931. The molecule has 0 saturated heterocycles. The van der Waals surface area contributed by atoms with E-state index in [9.17, 15) is 0 Å². The Bertz CT molecular complexity index is 244. The maximum absolute atomic E-state index is 2.62. The van der Waals surface area contributed by atoms with Crippen molar-refractivity contribution in [3.63, 3.8) is 0 Å². The molecule has 17 heavy (non-hydrogen) atoms. The molecule has 0 radical (unpaired) electrons. The van der Waals surface area contributed by atoms with Gasteiger partial charge in [0, 0.05) is 16.1 Å². The Morgan fingerprint density at radius 3 is 1.29 bits per heavy atom. The summed E-state index contributed by atoms with van der Waals surface area (Å²) in [6.07, 6.45) is 7.81. The molecule has 2 fully saturated rings. The summed E-state index contributed by atoms with van der Waals surface area (Å²) in [6, 6.07) is 0. The van der Waals surface area contributed by atoms with E-state index in [-0.39, 0.29) is 0 Å². The molecule has 0 aromatic carbocycles. The van der Waals surface area contributed by atoms with Crippen molar-refractivity contribution < 1.29 is 0 Å². The second kappa shape index (κ2) is 4.52. The Balaban J connectivity index is 2.23. The number of rotatable bonds is 2. The van der Waals surface area contributed by atoms with Gasteiger partial charge in [0.05, 0.1) is 0 Å². The predicted molar refractivity (Wildman–Crippen MR) is 84.3 cm³/mol. The molecule has 0 aromatic rings. The van der Waals surface area contributed by atoms with Gasteiger partial charge in [-0.2, -0.15) is 0 Å². The molecule has 0 spiro atoms. The summed E-state index contributed by atoms with van der Waals surface area (Å²) in [7, 11) is -1.86. The summed E-state index contributed by atoms with van der Waals surface area (Å²) in [5.74, 6) is 2.26. The zero-order chi connectivity index (χ0) is 12.8. The van der Waals surface area contributed by atoms with Gasteiger partial charge in [0.15, 0.2) is 0 Å². The third-order valence-electron chi connectivity index (χ3n) is 5.64. The first-order valence-corrected chi connectivity index (χ1v) is 14.9. The summed E-state index contributed by atoms with van der Waals surface area (Å²) in [6.45, 7) is 15.7. The molecule has 2 saturated carbocycles. The van der Waals surface area contributed by atoms with Crippen LogP contribution in [0.25, 0.3) is 0 Å². The number of hydrogen-bond donors (Lipinski definition) is 0. The van der Waals surface area contributed by atoms with Crippen molar-refractivity contribution in [3.8, 4) is 0 Å². The molecule has 4 unspecified atom stereocenters. The highest BCUT2D eigenvalue weighted by Crippen LogP contribution is 2.60. The van der Waals surface area contributed by atoms with Crippen molar-refractivity contribution in [3.05, 3.63) is 0 Å². The SMILES string of the molecule is C[Si](C)(C)C1CC([Si](C)(C)C)C2CCCCC21. The highest BCUT2D eigenvalue weighted by atomic mass is 28.3. The van der Waals surface area contributed by atoms with Crippen molar-refractivity contribution in [2.75, 3.05) is 0 Å². The molecule has 0 N–H and O–H groups in total. The van der Waals surface area contributed by atoms with Crippen molar-refractivity contribution in [1.82, 2.24) is 0 Å². The van der Waals surface area contributed by atoms with Crippen molar-refractivity contribution in [1.29, 1.82) is 0 Å². The van der Waals surface area contributed by atoms with Gasteiger partial charge in [-0.1, -0.05) is 71.4 Å². The standard InChI is InChI=1S/C15H32Si2/c1-16(2,3)14-11-15(17(4,5)6)13-10-8-7-9-12(13)14/h12-15H,7-11H2,1-6H3. The molecule has 0 aliphatic heterocycles. The fourth-order valence-electron chi connectivity index (χ4n) is 4.80. The molecule has 0 heterocycles. The van der Waals surface area contributed by atoms with E-state index in [1.165, 1.54) is 12.8 Å². The Labute approximate surface area is 111 Å². The van der Waals surface area contributed by atoms with E-state index in [2.05, 4.69) is 39.3 Å². The van der Waals surface area contributed by atoms with Gasteiger partial charge in [-0.05, 0) is 22.9 Å². The molecule has 100 valence electrons. The second-order valence-electron chi connectivity index (χ2n) is 8.79. The Morgan fingerprint density at radius 1 is 0.647 bits per heavy atom. The largest absolute Gasteiger partial charge is 0.0693 e. The second-order valence-corrected chi connectivity index (χ2v) is 19.7. The molecule has 4 atom stereocenters. The zero-order valence-electron chi connectivity index (χ0n) is 12.8. The molecule has 2 rings (SSSR count). The summed E-state index contributed by atoms with van der Waals surface area (Å²) in [4.78, 5) is 0. The van der Waals surface area contributed by atoms with Crippen LogP contribution in [0.4, 0.5) is 0 Å². The summed E-state index contributed by atoms with van der Waals surface area (Å²) in [5, 5.41) is 0. The molecule has 0 nitrogen and oxygen atoms in total. The first-order chi connectivity index (χ1) is 7.71. The van der Waals surface area contributed by atoms with Crippen LogP contribution in [0.3, 0.4) is 0 Å². The van der Waals surface area contributed by atoms with Gasteiger partial charge in [0.1, 0.15) is 0 Å². The lowest BCUT2D eigenvalue weighted by Crippen LogP contribution is -2.34. The molecule has 0 amide bonds. The lowest BCUT2D eigenvalue weighted by Gasteiger charge is -2.37. The highest BCUT2D eigenvalue weighted by Gasteiger charge is 2.51. The van der Waals surface area contributed by atoms with E-state index >= 15 is 0 Å². The molecular weight excluding hydrogens is 236 g/mol. The summed E-state index contributed by atoms with van der Waals surface area (Å²) >= 11 is 0. The van der Waals surface area contributed by atoms with Crippen LogP contribution in [0.5, 0.6) is 0 Å². The van der Waals surface area contributed by atoms with E-state index in [1.54, 1.807) is 19.3 Å². The monoisotopic (exact) mass is 268 g/mol. The third-order valence-corrected chi connectivity index (χ3v) is 11.4. The topological polar surface area (TPSA) is 0 Å². The van der Waals surface area contributed by atoms with Crippen LogP contribution in [0.2, 0.25) is 50.4 Å². The number of hydrogen-bond acceptors (Lipinski definition) is 0. The summed E-state index contributed by atoms with van der Waals surface area (Å²) in [5.41, 5.74) is 2.29. The van der Waals surface area contributed by atoms with Crippen molar-refractivity contribution in [2.24, 2.45) is 11.8 Å². The third kappa shape index (κ3) is 2.73. The molecule has 2 heteroatoms. The van der Waals surface area contributed by atoms with E-state index in [0.29, 0.717) is 0 Å². The van der Waals surface area contributed by atoms with Gasteiger partial charge in [0.2, 0.25) is 0 Å². The van der Waals surface area contributed by atoms with E-state index < -0.39 is 16.1 Å². The normalized spacial score (nSPS) is 39.2. The van der Waals surface area contributed by atoms with Crippen LogP contribution in [0.1, 0.15) is 32.1 Å². The smallest absolute Gasteiger partial charge is 0.0476 e. The van der Waals surface area contributed by atoms with Gasteiger partial charge in [-0.3, -0.25) is 0 Å². The van der Waals surface area contributed by atoms with Crippen molar-refractivity contribution >= 4 is 16.1 Å². The van der Waals surface area contributed by atoms with Gasteiger partial charge >= 0.3 is 0 Å². The molecule has 0 bridgehead atoms. The fraction of sp³-hybridized carbons (Fsp3) is 1.00. The maximum atomic E-state index is 2.62. The summed E-state index contributed by atoms with van der Waals surface area (Å²) < 4.78 is 0. The minimum Gasteiger partial charge on any atom is -0.0693 e. The first kappa shape index (κ1) is 13.9. The lowest BCUT2D eigenvalue weighted by atomic mass is 9.81. The van der Waals surface area contributed by atoms with Crippen LogP contribution >= 0.6 is 0 Å². The molecular formula is C15H32Si2. The van der Waals surface area contributed by atoms with Gasteiger partial charge in [0.25, 0.3) is 0 Å². The highest BCUT2D eigenvalue weighted by molar-refractivity contribution is 6.79. The Kier molecular flexibility index (Phi) is 3.68. The number of fused-ring (bicyclic) bond motifs is 1. The van der Waals surface area contributed by atoms with E-state index in [4.69, 9.17) is 0 Å². The van der Waals surface area contributed by atoms with Gasteiger partial charge < -0.3 is 0 Å². The Hall–Kier alpha value is 0.434. The van der Waals surface area contributed by atoms with Crippen LogP contribution < -0.4 is 0 Å². The average molecular weight is 269 g/mol. The van der Waals surface area contributed by atoms with Crippen LogP contribution in [-0.4, -0.2) is 16.1 Å². The average Bonchev–Trinajstić information content (AvgIpc) is 2.55. The van der Waals surface area contributed by atoms with Gasteiger partial charge in [-0.15, -0.1) is 0 Å². The molecule has 2 aliphatic carbocycles. The van der Waals surface area contributed by atoms with Crippen LogP contribution in [-0.2, 0) is 0 Å². The van der Waals surface area contributed by atoms with Crippen molar-refractivity contribution in [2.45, 2.75) is 82.5 Å². The van der Waals surface area contributed by atoms with E-state index in [0.717, 1.165) is 22.9 Å². The molecule has 0 aromatic heterocycles. The fourth-order valence-corrected chi connectivity index (χ4v) is 10.4.